The van der Waals surface area contributed by atoms with E-state index < -0.39 is 18.0 Å². The van der Waals surface area contributed by atoms with Gasteiger partial charge in [0, 0.05) is 23.0 Å². The lowest BCUT2D eigenvalue weighted by Gasteiger charge is -2.27. The molecule has 0 aliphatic carbocycles. The summed E-state index contributed by atoms with van der Waals surface area (Å²) in [5, 5.41) is 10.4. The summed E-state index contributed by atoms with van der Waals surface area (Å²) in [6, 6.07) is 16.2. The maximum Gasteiger partial charge on any atom is 0.338 e. The van der Waals surface area contributed by atoms with Gasteiger partial charge in [-0.25, -0.2) is 14.3 Å². The highest BCUT2D eigenvalue weighted by Gasteiger charge is 2.35. The van der Waals surface area contributed by atoms with Gasteiger partial charge >= 0.3 is 12.0 Å². The highest BCUT2D eigenvalue weighted by atomic mass is 16.5. The number of nitrogens with zero attached hydrogens (tertiary/aromatic N) is 2. The van der Waals surface area contributed by atoms with Gasteiger partial charge in [-0.3, -0.25) is 0 Å². The number of carbonyl (C=O) groups is 2. The summed E-state index contributed by atoms with van der Waals surface area (Å²) in [6.07, 6.45) is 4.31. The van der Waals surface area contributed by atoms with E-state index in [2.05, 4.69) is 31.1 Å². The van der Waals surface area contributed by atoms with Crippen molar-refractivity contribution in [3.8, 4) is 22.7 Å². The first-order chi connectivity index (χ1) is 17.9. The quantitative estimate of drug-likeness (QED) is 0.290. The van der Waals surface area contributed by atoms with Crippen molar-refractivity contribution in [2.24, 2.45) is 5.92 Å². The highest BCUT2D eigenvalue weighted by Crippen LogP contribution is 2.35. The van der Waals surface area contributed by atoms with Gasteiger partial charge in [0.1, 0.15) is 12.4 Å². The Morgan fingerprint density at radius 1 is 1.16 bits per heavy atom. The van der Waals surface area contributed by atoms with Crippen LogP contribution in [-0.4, -0.2) is 35.0 Å². The second kappa shape index (κ2) is 11.6. The Hall–Kier alpha value is -4.33. The number of benzene rings is 2. The molecular formula is C29H32N4O4. The van der Waals surface area contributed by atoms with Crippen LogP contribution in [0, 0.1) is 5.92 Å². The van der Waals surface area contributed by atoms with Crippen LogP contribution in [-0.2, 0) is 9.53 Å². The molecular weight excluding hydrogens is 468 g/mol. The van der Waals surface area contributed by atoms with E-state index in [-0.39, 0.29) is 6.61 Å². The summed E-state index contributed by atoms with van der Waals surface area (Å²) < 4.78 is 13.0. The number of esters is 1. The molecule has 192 valence electrons. The van der Waals surface area contributed by atoms with Crippen molar-refractivity contribution in [3.05, 3.63) is 90.3 Å². The van der Waals surface area contributed by atoms with E-state index in [4.69, 9.17) is 14.6 Å². The SMILES string of the molecule is C=CCOC(=O)C1=C(C)NC(=O)NC1c1cn(-c2ccccc2)nc1-c1ccc(OCCC(C)C)cc1. The molecule has 1 aliphatic heterocycles. The van der Waals surface area contributed by atoms with Crippen LogP contribution in [0.5, 0.6) is 5.75 Å². The number of hydrogen-bond donors (Lipinski definition) is 2. The van der Waals surface area contributed by atoms with Crippen LogP contribution < -0.4 is 15.4 Å². The third kappa shape index (κ3) is 6.09. The van der Waals surface area contributed by atoms with Crippen molar-refractivity contribution in [2.45, 2.75) is 33.2 Å². The Morgan fingerprint density at radius 2 is 1.89 bits per heavy atom. The van der Waals surface area contributed by atoms with E-state index in [0.717, 1.165) is 23.4 Å². The van der Waals surface area contributed by atoms with Crippen molar-refractivity contribution in [2.75, 3.05) is 13.2 Å². The fourth-order valence-corrected chi connectivity index (χ4v) is 4.07. The predicted molar refractivity (Wildman–Crippen MR) is 142 cm³/mol. The number of para-hydroxylation sites is 1. The first-order valence-electron chi connectivity index (χ1n) is 12.3. The number of aromatic nitrogens is 2. The summed E-state index contributed by atoms with van der Waals surface area (Å²) in [4.78, 5) is 25.5. The van der Waals surface area contributed by atoms with E-state index >= 15 is 0 Å². The number of amides is 2. The van der Waals surface area contributed by atoms with E-state index in [1.807, 2.05) is 60.8 Å². The first-order valence-corrected chi connectivity index (χ1v) is 12.3. The van der Waals surface area contributed by atoms with Gasteiger partial charge in [0.25, 0.3) is 0 Å². The van der Waals surface area contributed by atoms with Gasteiger partial charge in [-0.2, -0.15) is 5.10 Å². The topological polar surface area (TPSA) is 94.5 Å². The average molecular weight is 501 g/mol. The predicted octanol–water partition coefficient (Wildman–Crippen LogP) is 5.32. The molecule has 0 saturated heterocycles. The van der Waals surface area contributed by atoms with E-state index in [1.165, 1.54) is 6.08 Å². The van der Waals surface area contributed by atoms with Crippen LogP contribution in [0.1, 0.15) is 38.8 Å². The molecule has 2 N–H and O–H groups in total. The molecule has 0 bridgehead atoms. The molecule has 2 heterocycles. The summed E-state index contributed by atoms with van der Waals surface area (Å²) in [5.74, 6) is 0.795. The molecule has 8 nitrogen and oxygen atoms in total. The minimum atomic E-state index is -0.763. The van der Waals surface area contributed by atoms with Gasteiger partial charge in [-0.15, -0.1) is 0 Å². The highest BCUT2D eigenvalue weighted by molar-refractivity contribution is 5.95. The van der Waals surface area contributed by atoms with Gasteiger partial charge in [0.15, 0.2) is 0 Å². The maximum atomic E-state index is 13.0. The number of rotatable bonds is 10. The number of allylic oxidation sites excluding steroid dienone is 1. The lowest BCUT2D eigenvalue weighted by atomic mass is 9.94. The van der Waals surface area contributed by atoms with Crippen LogP contribution in [0.25, 0.3) is 16.9 Å². The summed E-state index contributed by atoms with van der Waals surface area (Å²) in [7, 11) is 0. The molecule has 2 amide bonds. The second-order valence-corrected chi connectivity index (χ2v) is 9.23. The van der Waals surface area contributed by atoms with Gasteiger partial charge in [-0.05, 0) is 55.7 Å². The average Bonchev–Trinajstić information content (AvgIpc) is 3.33. The molecule has 1 aromatic heterocycles. The largest absolute Gasteiger partial charge is 0.494 e. The minimum Gasteiger partial charge on any atom is -0.494 e. The van der Waals surface area contributed by atoms with Crippen LogP contribution in [0.3, 0.4) is 0 Å². The third-order valence-corrected chi connectivity index (χ3v) is 5.99. The van der Waals surface area contributed by atoms with Gasteiger partial charge in [-0.1, -0.05) is 44.7 Å². The second-order valence-electron chi connectivity index (χ2n) is 9.23. The zero-order valence-electron chi connectivity index (χ0n) is 21.4. The molecule has 4 rings (SSSR count). The molecule has 0 fully saturated rings. The Labute approximate surface area is 217 Å². The number of hydrogen-bond acceptors (Lipinski definition) is 5. The first kappa shape index (κ1) is 25.8. The zero-order chi connectivity index (χ0) is 26.4. The lowest BCUT2D eigenvalue weighted by molar-refractivity contribution is -0.138. The Balaban J connectivity index is 1.76. The van der Waals surface area contributed by atoms with Crippen LogP contribution in [0.2, 0.25) is 0 Å². The standard InChI is InChI=1S/C29H32N4O4/c1-5-16-37-28(34)25-20(4)30-29(35)31-27(25)24-18-33(22-9-7-6-8-10-22)32-26(24)21-11-13-23(14-12-21)36-17-15-19(2)3/h5-14,18-19,27H,1,15-17H2,2-4H3,(H2,30,31,35). The molecule has 8 heteroatoms. The van der Waals surface area contributed by atoms with Crippen molar-refractivity contribution in [3.63, 3.8) is 0 Å². The van der Waals surface area contributed by atoms with Crippen molar-refractivity contribution >= 4 is 12.0 Å². The van der Waals surface area contributed by atoms with Crippen LogP contribution in [0.15, 0.2) is 84.7 Å². The number of carbonyl (C=O) groups excluding carboxylic acids is 2. The minimum absolute atomic E-state index is 0.0602. The molecule has 1 unspecified atom stereocenters. The number of ether oxygens (including phenoxy) is 2. The fraction of sp³-hybridized carbons (Fsp3) is 0.276. The molecule has 37 heavy (non-hydrogen) atoms. The van der Waals surface area contributed by atoms with Gasteiger partial charge in [0.05, 0.1) is 29.6 Å². The van der Waals surface area contributed by atoms with Crippen molar-refractivity contribution < 1.29 is 19.1 Å². The zero-order valence-corrected chi connectivity index (χ0v) is 21.4. The molecule has 1 aliphatic rings. The normalized spacial score (nSPS) is 15.2. The molecule has 0 spiro atoms. The fourth-order valence-electron chi connectivity index (χ4n) is 4.07. The molecule has 0 saturated carbocycles. The van der Waals surface area contributed by atoms with E-state index in [0.29, 0.717) is 35.1 Å². The molecule has 0 radical (unpaired) electrons. The number of urea groups is 1. The van der Waals surface area contributed by atoms with E-state index in [9.17, 15) is 9.59 Å². The Bertz CT molecular complexity index is 1290. The summed E-state index contributed by atoms with van der Waals surface area (Å²) in [6.45, 7) is 10.3. The molecule has 1 atom stereocenters. The van der Waals surface area contributed by atoms with E-state index in [1.54, 1.807) is 11.6 Å². The van der Waals surface area contributed by atoms with Crippen molar-refractivity contribution in [1.82, 2.24) is 20.4 Å². The summed E-state index contributed by atoms with van der Waals surface area (Å²) in [5.41, 5.74) is 3.70. The van der Waals surface area contributed by atoms with Crippen LogP contribution >= 0.6 is 0 Å². The Morgan fingerprint density at radius 3 is 2.57 bits per heavy atom. The molecule has 2 aromatic carbocycles. The van der Waals surface area contributed by atoms with Gasteiger partial charge < -0.3 is 20.1 Å². The third-order valence-electron chi connectivity index (χ3n) is 5.99. The van der Waals surface area contributed by atoms with Crippen LogP contribution in [0.4, 0.5) is 4.79 Å². The molecule has 3 aromatic rings. The number of nitrogens with one attached hydrogen (secondary N) is 2. The lowest BCUT2D eigenvalue weighted by Crippen LogP contribution is -2.45. The monoisotopic (exact) mass is 500 g/mol. The Kier molecular flexibility index (Phi) is 8.08. The smallest absolute Gasteiger partial charge is 0.338 e. The van der Waals surface area contributed by atoms with Crippen molar-refractivity contribution in [1.29, 1.82) is 0 Å². The maximum absolute atomic E-state index is 13.0. The van der Waals surface area contributed by atoms with Gasteiger partial charge in [0.2, 0.25) is 0 Å². The summed E-state index contributed by atoms with van der Waals surface area (Å²) >= 11 is 0.